The Bertz CT molecular complexity index is 1310. The average molecular weight is 443 g/mol. The number of aromatic amines is 1. The number of nitrogens with one attached hydrogen (secondary N) is 2. The highest BCUT2D eigenvalue weighted by Gasteiger charge is 2.37. The molecule has 1 aliphatic heterocycles. The summed E-state index contributed by atoms with van der Waals surface area (Å²) < 4.78 is 13.7. The van der Waals surface area contributed by atoms with Gasteiger partial charge in [-0.15, -0.1) is 0 Å². The van der Waals surface area contributed by atoms with Crippen LogP contribution in [0.1, 0.15) is 35.2 Å². The number of aliphatic hydroxyl groups is 1. The third kappa shape index (κ3) is 4.53. The summed E-state index contributed by atoms with van der Waals surface area (Å²) in [6.45, 7) is 5.73. The van der Waals surface area contributed by atoms with Crippen molar-refractivity contribution < 1.29 is 14.3 Å². The largest absolute Gasteiger partial charge is 0.510 e. The van der Waals surface area contributed by atoms with Crippen molar-refractivity contribution in [3.63, 3.8) is 0 Å². The van der Waals surface area contributed by atoms with Gasteiger partial charge in [-0.25, -0.2) is 4.39 Å². The minimum absolute atomic E-state index is 0.0492. The van der Waals surface area contributed by atoms with E-state index in [1.807, 2.05) is 55.5 Å². The molecule has 1 aliphatic rings. The fourth-order valence-corrected chi connectivity index (χ4v) is 4.24. The number of halogens is 1. The van der Waals surface area contributed by atoms with Crippen LogP contribution in [0.4, 0.5) is 4.39 Å². The van der Waals surface area contributed by atoms with Crippen molar-refractivity contribution in [2.24, 2.45) is 0 Å². The molecule has 168 valence electrons. The van der Waals surface area contributed by atoms with E-state index in [1.54, 1.807) is 13.0 Å². The zero-order valence-electron chi connectivity index (χ0n) is 18.9. The molecule has 3 aromatic carbocycles. The maximum atomic E-state index is 13.7. The zero-order valence-corrected chi connectivity index (χ0v) is 18.9. The van der Waals surface area contributed by atoms with Gasteiger partial charge < -0.3 is 15.4 Å². The Labute approximate surface area is 192 Å². The van der Waals surface area contributed by atoms with Crippen LogP contribution >= 0.6 is 0 Å². The van der Waals surface area contributed by atoms with Crippen molar-refractivity contribution in [1.82, 2.24) is 10.3 Å². The highest BCUT2D eigenvalue weighted by molar-refractivity contribution is 6.00. The van der Waals surface area contributed by atoms with Crippen LogP contribution in [0.25, 0.3) is 10.9 Å². The highest BCUT2D eigenvalue weighted by atomic mass is 19.1. The fourth-order valence-electron chi connectivity index (χ4n) is 4.24. The van der Waals surface area contributed by atoms with Gasteiger partial charge in [0, 0.05) is 16.6 Å². The summed E-state index contributed by atoms with van der Waals surface area (Å²) in [5.41, 5.74) is 4.98. The lowest BCUT2D eigenvalue weighted by Crippen LogP contribution is -2.26. The first-order valence-electron chi connectivity index (χ1n) is 10.9. The second-order valence-corrected chi connectivity index (χ2v) is 8.35. The van der Waals surface area contributed by atoms with Crippen LogP contribution in [0.15, 0.2) is 90.2 Å². The van der Waals surface area contributed by atoms with Crippen molar-refractivity contribution in [1.29, 1.82) is 0 Å². The fraction of sp³-hybridized carbons (Fsp3) is 0.179. The molecule has 33 heavy (non-hydrogen) atoms. The van der Waals surface area contributed by atoms with E-state index in [1.165, 1.54) is 17.7 Å². The predicted octanol–water partition coefficient (Wildman–Crippen LogP) is 6.07. The van der Waals surface area contributed by atoms with Crippen LogP contribution in [-0.2, 0) is 4.79 Å². The van der Waals surface area contributed by atoms with Gasteiger partial charge in [-0.2, -0.15) is 0 Å². The van der Waals surface area contributed by atoms with E-state index in [0.29, 0.717) is 5.57 Å². The molecule has 0 saturated carbocycles. The number of carbonyl (C=O) groups is 1. The van der Waals surface area contributed by atoms with Crippen molar-refractivity contribution in [2.45, 2.75) is 32.7 Å². The zero-order chi connectivity index (χ0) is 23.5. The molecule has 0 bridgehead atoms. The van der Waals surface area contributed by atoms with Crippen molar-refractivity contribution in [3.8, 4) is 0 Å². The van der Waals surface area contributed by atoms with Gasteiger partial charge in [-0.05, 0) is 50.1 Å². The number of aliphatic hydroxyl groups excluding tert-OH is 1. The summed E-state index contributed by atoms with van der Waals surface area (Å²) in [6.07, 6.45) is 0. The van der Waals surface area contributed by atoms with Gasteiger partial charge in [0.05, 0.1) is 17.5 Å². The number of amides is 1. The molecule has 2 heterocycles. The molecule has 5 heteroatoms. The summed E-state index contributed by atoms with van der Waals surface area (Å²) >= 11 is 0. The number of aromatic nitrogens is 1. The predicted molar refractivity (Wildman–Crippen MR) is 130 cm³/mol. The number of hydrogen-bond donors (Lipinski definition) is 3. The van der Waals surface area contributed by atoms with Crippen LogP contribution in [-0.4, -0.2) is 22.0 Å². The Hall–Kier alpha value is -3.86. The summed E-state index contributed by atoms with van der Waals surface area (Å²) in [4.78, 5) is 15.9. The second kappa shape index (κ2) is 9.33. The maximum absolute atomic E-state index is 13.7. The first kappa shape index (κ1) is 22.3. The van der Waals surface area contributed by atoms with E-state index in [4.69, 9.17) is 0 Å². The molecule has 0 aliphatic carbocycles. The summed E-state index contributed by atoms with van der Waals surface area (Å²) in [6, 6.07) is 24.0. The summed E-state index contributed by atoms with van der Waals surface area (Å²) in [5.74, 6) is -1.01. The molecular weight excluding hydrogens is 415 g/mol. The molecule has 1 amide bonds. The van der Waals surface area contributed by atoms with Gasteiger partial charge in [-0.3, -0.25) is 4.79 Å². The number of hydrogen-bond acceptors (Lipinski definition) is 2. The molecule has 2 atom stereocenters. The lowest BCUT2D eigenvalue weighted by Gasteiger charge is -2.18. The third-order valence-corrected chi connectivity index (χ3v) is 5.99. The number of fused-ring (bicyclic) bond motifs is 1. The lowest BCUT2D eigenvalue weighted by molar-refractivity contribution is -0.117. The lowest BCUT2D eigenvalue weighted by atomic mass is 9.85. The highest BCUT2D eigenvalue weighted by Crippen LogP contribution is 2.39. The topological polar surface area (TPSA) is 65.1 Å². The summed E-state index contributed by atoms with van der Waals surface area (Å²) in [7, 11) is 0. The van der Waals surface area contributed by atoms with E-state index in [9.17, 15) is 14.3 Å². The Morgan fingerprint density at radius 2 is 1.58 bits per heavy atom. The molecule has 0 saturated heterocycles. The molecule has 0 fully saturated rings. The van der Waals surface area contributed by atoms with E-state index < -0.39 is 12.0 Å². The Balaban J connectivity index is 0.000000318. The SMILES string of the molecule is Cc1c(C(C2=C(O)C(C)NC2=O)c2ccccc2)[nH]c2ccc(F)cc12.Cc1ccccc1. The molecule has 2 unspecified atom stereocenters. The van der Waals surface area contributed by atoms with E-state index >= 15 is 0 Å². The molecule has 1 aromatic heterocycles. The Morgan fingerprint density at radius 3 is 2.12 bits per heavy atom. The van der Waals surface area contributed by atoms with Gasteiger partial charge in [0.15, 0.2) is 0 Å². The molecule has 4 aromatic rings. The molecular formula is C28H27FN2O2. The third-order valence-electron chi connectivity index (χ3n) is 5.99. The van der Waals surface area contributed by atoms with Gasteiger partial charge in [0.1, 0.15) is 11.6 Å². The number of aryl methyl sites for hydroxylation is 2. The normalized spacial score (nSPS) is 16.4. The standard InChI is InChI=1S/C21H19FN2O2.C7H8/c1-11-15-10-14(22)8-9-16(15)24-19(11)17(13-6-4-3-5-7-13)18-20(25)12(2)23-21(18)26;1-7-5-3-2-4-6-7/h3-10,12,17,24-25H,1-2H3,(H,23,26);2-6H,1H3. The quantitative estimate of drug-likeness (QED) is 0.360. The molecule has 4 nitrogen and oxygen atoms in total. The molecule has 0 spiro atoms. The monoisotopic (exact) mass is 442 g/mol. The van der Waals surface area contributed by atoms with Crippen LogP contribution in [0.2, 0.25) is 0 Å². The Kier molecular flexibility index (Phi) is 6.31. The van der Waals surface area contributed by atoms with Crippen LogP contribution < -0.4 is 5.32 Å². The van der Waals surface area contributed by atoms with Crippen molar-refractivity contribution >= 4 is 16.8 Å². The van der Waals surface area contributed by atoms with E-state index in [-0.39, 0.29) is 17.5 Å². The van der Waals surface area contributed by atoms with Crippen LogP contribution in [0, 0.1) is 19.7 Å². The Morgan fingerprint density at radius 1 is 0.939 bits per heavy atom. The summed E-state index contributed by atoms with van der Waals surface area (Å²) in [5, 5.41) is 14.1. The number of benzene rings is 3. The smallest absolute Gasteiger partial charge is 0.252 e. The van der Waals surface area contributed by atoms with Gasteiger partial charge >= 0.3 is 0 Å². The number of carbonyl (C=O) groups excluding carboxylic acids is 1. The minimum Gasteiger partial charge on any atom is -0.510 e. The first-order valence-corrected chi connectivity index (χ1v) is 10.9. The maximum Gasteiger partial charge on any atom is 0.252 e. The van der Waals surface area contributed by atoms with Crippen LogP contribution in [0.5, 0.6) is 0 Å². The van der Waals surface area contributed by atoms with Crippen LogP contribution in [0.3, 0.4) is 0 Å². The molecule has 3 N–H and O–H groups in total. The molecule has 5 rings (SSSR count). The van der Waals surface area contributed by atoms with Gasteiger partial charge in [0.25, 0.3) is 5.91 Å². The van der Waals surface area contributed by atoms with Crippen molar-refractivity contribution in [2.75, 3.05) is 0 Å². The van der Waals surface area contributed by atoms with Gasteiger partial charge in [-0.1, -0.05) is 66.2 Å². The average Bonchev–Trinajstić information content (AvgIpc) is 3.26. The number of H-pyrrole nitrogens is 1. The molecule has 0 radical (unpaired) electrons. The second-order valence-electron chi connectivity index (χ2n) is 8.35. The number of rotatable bonds is 3. The van der Waals surface area contributed by atoms with E-state index in [0.717, 1.165) is 27.7 Å². The van der Waals surface area contributed by atoms with Crippen molar-refractivity contribution in [3.05, 3.63) is 118 Å². The first-order chi connectivity index (χ1) is 15.9. The minimum atomic E-state index is -0.461. The van der Waals surface area contributed by atoms with Gasteiger partial charge in [0.2, 0.25) is 0 Å². The van der Waals surface area contributed by atoms with E-state index in [2.05, 4.69) is 29.4 Å².